The number of carbonyl (C=O) groups is 1. The summed E-state index contributed by atoms with van der Waals surface area (Å²) in [5.74, 6) is 0.290. The fourth-order valence-electron chi connectivity index (χ4n) is 2.92. The highest BCUT2D eigenvalue weighted by atomic mass is 16.2. The van der Waals surface area contributed by atoms with Gasteiger partial charge in [0, 0.05) is 12.2 Å². The van der Waals surface area contributed by atoms with Crippen molar-refractivity contribution in [1.82, 2.24) is 4.90 Å². The Morgan fingerprint density at radius 2 is 1.71 bits per heavy atom. The Labute approximate surface area is 102 Å². The van der Waals surface area contributed by atoms with Gasteiger partial charge in [-0.05, 0) is 44.5 Å². The average molecular weight is 230 g/mol. The van der Waals surface area contributed by atoms with E-state index in [4.69, 9.17) is 0 Å². The van der Waals surface area contributed by atoms with Crippen LogP contribution in [0.15, 0.2) is 30.3 Å². The smallest absolute Gasteiger partial charge is 0.244 e. The molecule has 0 radical (unpaired) electrons. The molecular weight excluding hydrogens is 212 g/mol. The molecule has 2 heterocycles. The first kappa shape index (κ1) is 10.8. The number of para-hydroxylation sites is 1. The highest BCUT2D eigenvalue weighted by Crippen LogP contribution is 2.26. The van der Waals surface area contributed by atoms with Crippen molar-refractivity contribution in [3.63, 3.8) is 0 Å². The standard InChI is InChI=1S/C14H18N2O/c17-14-13(15-9-4-5-10-15)8-11-16(14)12-6-2-1-3-7-12/h1-3,6-7,13H,4-5,8-11H2/t13-/m1/s1. The SMILES string of the molecule is O=C1[C@H](N2CCCC2)CCN1c1ccccc1. The molecule has 3 rings (SSSR count). The number of anilines is 1. The minimum atomic E-state index is 0.137. The second-order valence-corrected chi connectivity index (χ2v) is 4.87. The molecule has 0 aromatic heterocycles. The van der Waals surface area contributed by atoms with Gasteiger partial charge >= 0.3 is 0 Å². The van der Waals surface area contributed by atoms with Gasteiger partial charge in [0.05, 0.1) is 6.04 Å². The van der Waals surface area contributed by atoms with Crippen molar-refractivity contribution in [2.75, 3.05) is 24.5 Å². The summed E-state index contributed by atoms with van der Waals surface area (Å²) in [7, 11) is 0. The molecule has 0 aliphatic carbocycles. The van der Waals surface area contributed by atoms with Crippen molar-refractivity contribution in [3.8, 4) is 0 Å². The molecule has 0 bridgehead atoms. The Bertz CT molecular complexity index is 398. The Morgan fingerprint density at radius 1 is 1.00 bits per heavy atom. The molecule has 3 heteroatoms. The predicted molar refractivity (Wildman–Crippen MR) is 68.0 cm³/mol. The van der Waals surface area contributed by atoms with Crippen LogP contribution in [0.1, 0.15) is 19.3 Å². The lowest BCUT2D eigenvalue weighted by Crippen LogP contribution is -2.40. The first-order valence-electron chi connectivity index (χ1n) is 6.47. The fraction of sp³-hybridized carbons (Fsp3) is 0.500. The fourth-order valence-corrected chi connectivity index (χ4v) is 2.92. The summed E-state index contributed by atoms with van der Waals surface area (Å²) in [6, 6.07) is 10.1. The number of hydrogen-bond acceptors (Lipinski definition) is 2. The van der Waals surface area contributed by atoms with Crippen LogP contribution < -0.4 is 4.90 Å². The molecule has 17 heavy (non-hydrogen) atoms. The van der Waals surface area contributed by atoms with E-state index in [1.807, 2.05) is 35.2 Å². The quantitative estimate of drug-likeness (QED) is 0.774. The van der Waals surface area contributed by atoms with Gasteiger partial charge in [0.25, 0.3) is 0 Å². The first-order chi connectivity index (χ1) is 8.36. The third kappa shape index (κ3) is 1.95. The molecule has 1 aromatic carbocycles. The van der Waals surface area contributed by atoms with Crippen molar-refractivity contribution in [2.24, 2.45) is 0 Å². The molecule has 2 aliphatic heterocycles. The van der Waals surface area contributed by atoms with E-state index in [0.29, 0.717) is 0 Å². The third-order valence-corrected chi connectivity index (χ3v) is 3.83. The van der Waals surface area contributed by atoms with Gasteiger partial charge in [0.2, 0.25) is 5.91 Å². The summed E-state index contributed by atoms with van der Waals surface area (Å²) in [5.41, 5.74) is 1.04. The molecule has 2 saturated heterocycles. The van der Waals surface area contributed by atoms with Gasteiger partial charge in [-0.1, -0.05) is 18.2 Å². The molecule has 1 atom stereocenters. The molecule has 0 unspecified atom stereocenters. The van der Waals surface area contributed by atoms with Crippen LogP contribution >= 0.6 is 0 Å². The zero-order chi connectivity index (χ0) is 11.7. The normalized spacial score (nSPS) is 25.8. The summed E-state index contributed by atoms with van der Waals surface area (Å²) >= 11 is 0. The van der Waals surface area contributed by atoms with Crippen molar-refractivity contribution in [1.29, 1.82) is 0 Å². The lowest BCUT2D eigenvalue weighted by Gasteiger charge is -2.22. The topological polar surface area (TPSA) is 23.6 Å². The maximum absolute atomic E-state index is 12.4. The number of carbonyl (C=O) groups excluding carboxylic acids is 1. The molecule has 1 aromatic rings. The van der Waals surface area contributed by atoms with Crippen LogP contribution in [0, 0.1) is 0 Å². The van der Waals surface area contributed by atoms with Crippen LogP contribution in [-0.2, 0) is 4.79 Å². The Morgan fingerprint density at radius 3 is 2.41 bits per heavy atom. The van der Waals surface area contributed by atoms with E-state index in [1.165, 1.54) is 12.8 Å². The number of nitrogens with zero attached hydrogens (tertiary/aromatic N) is 2. The zero-order valence-corrected chi connectivity index (χ0v) is 10.0. The second-order valence-electron chi connectivity index (χ2n) is 4.87. The van der Waals surface area contributed by atoms with E-state index < -0.39 is 0 Å². The Kier molecular flexibility index (Phi) is 2.85. The van der Waals surface area contributed by atoms with Crippen LogP contribution in [0.3, 0.4) is 0 Å². The highest BCUT2D eigenvalue weighted by molar-refractivity contribution is 5.99. The summed E-state index contributed by atoms with van der Waals surface area (Å²) in [5, 5.41) is 0. The van der Waals surface area contributed by atoms with Crippen LogP contribution in [-0.4, -0.2) is 36.5 Å². The minimum absolute atomic E-state index is 0.137. The van der Waals surface area contributed by atoms with Crippen LogP contribution in [0.4, 0.5) is 5.69 Å². The van der Waals surface area contributed by atoms with Gasteiger partial charge in [-0.2, -0.15) is 0 Å². The second kappa shape index (κ2) is 4.49. The van der Waals surface area contributed by atoms with Gasteiger partial charge in [-0.15, -0.1) is 0 Å². The van der Waals surface area contributed by atoms with Crippen LogP contribution in [0.25, 0.3) is 0 Å². The minimum Gasteiger partial charge on any atom is -0.311 e. The lowest BCUT2D eigenvalue weighted by atomic mass is 10.2. The van der Waals surface area contributed by atoms with Crippen LogP contribution in [0.5, 0.6) is 0 Å². The Balaban J connectivity index is 1.76. The number of benzene rings is 1. The van der Waals surface area contributed by atoms with Crippen LogP contribution in [0.2, 0.25) is 0 Å². The number of hydrogen-bond donors (Lipinski definition) is 0. The lowest BCUT2D eigenvalue weighted by molar-refractivity contribution is -0.121. The molecule has 0 spiro atoms. The molecular formula is C14H18N2O. The molecule has 3 nitrogen and oxygen atoms in total. The van der Waals surface area contributed by atoms with Crippen molar-refractivity contribution in [2.45, 2.75) is 25.3 Å². The van der Waals surface area contributed by atoms with Gasteiger partial charge in [0.1, 0.15) is 0 Å². The van der Waals surface area contributed by atoms with Crippen molar-refractivity contribution < 1.29 is 4.79 Å². The molecule has 2 fully saturated rings. The van der Waals surface area contributed by atoms with Gasteiger partial charge in [-0.25, -0.2) is 0 Å². The summed E-state index contributed by atoms with van der Waals surface area (Å²) in [6.45, 7) is 3.06. The maximum Gasteiger partial charge on any atom is 0.244 e. The van der Waals surface area contributed by atoms with E-state index in [9.17, 15) is 4.79 Å². The zero-order valence-electron chi connectivity index (χ0n) is 10.0. The van der Waals surface area contributed by atoms with Gasteiger partial charge < -0.3 is 4.90 Å². The van der Waals surface area contributed by atoms with E-state index in [1.54, 1.807) is 0 Å². The molecule has 2 aliphatic rings. The largest absolute Gasteiger partial charge is 0.311 e. The van der Waals surface area contributed by atoms with Gasteiger partial charge in [-0.3, -0.25) is 9.69 Å². The van der Waals surface area contributed by atoms with Crippen molar-refractivity contribution in [3.05, 3.63) is 30.3 Å². The van der Waals surface area contributed by atoms with E-state index >= 15 is 0 Å². The summed E-state index contributed by atoms with van der Waals surface area (Å²) in [6.07, 6.45) is 3.47. The summed E-state index contributed by atoms with van der Waals surface area (Å²) < 4.78 is 0. The highest BCUT2D eigenvalue weighted by Gasteiger charge is 2.37. The Hall–Kier alpha value is -1.35. The number of amides is 1. The van der Waals surface area contributed by atoms with E-state index in [0.717, 1.165) is 31.7 Å². The average Bonchev–Trinajstić information content (AvgIpc) is 2.99. The molecule has 0 saturated carbocycles. The molecule has 0 N–H and O–H groups in total. The summed E-state index contributed by atoms with van der Waals surface area (Å²) in [4.78, 5) is 16.7. The maximum atomic E-state index is 12.4. The monoisotopic (exact) mass is 230 g/mol. The number of likely N-dealkylation sites (tertiary alicyclic amines) is 1. The van der Waals surface area contributed by atoms with E-state index in [-0.39, 0.29) is 11.9 Å². The predicted octanol–water partition coefficient (Wildman–Crippen LogP) is 1.89. The third-order valence-electron chi connectivity index (χ3n) is 3.83. The van der Waals surface area contributed by atoms with E-state index in [2.05, 4.69) is 4.90 Å². The van der Waals surface area contributed by atoms with Crippen molar-refractivity contribution >= 4 is 11.6 Å². The first-order valence-corrected chi connectivity index (χ1v) is 6.47. The number of rotatable bonds is 2. The van der Waals surface area contributed by atoms with Gasteiger partial charge in [0.15, 0.2) is 0 Å². The molecule has 90 valence electrons. The molecule has 1 amide bonds.